The van der Waals surface area contributed by atoms with Gasteiger partial charge in [-0.3, -0.25) is 9.10 Å². The van der Waals surface area contributed by atoms with E-state index in [0.717, 1.165) is 25.7 Å². The Morgan fingerprint density at radius 2 is 2.00 bits per heavy atom. The monoisotopic (exact) mass is 337 g/mol. The van der Waals surface area contributed by atoms with Crippen molar-refractivity contribution < 1.29 is 13.2 Å². The predicted octanol–water partition coefficient (Wildman–Crippen LogP) is 1.23. The van der Waals surface area contributed by atoms with Gasteiger partial charge in [-0.1, -0.05) is 18.9 Å². The topological polar surface area (TPSA) is 92.5 Å². The lowest BCUT2D eigenvalue weighted by Crippen LogP contribution is -2.51. The lowest BCUT2D eigenvalue weighted by molar-refractivity contribution is 0.0903. The van der Waals surface area contributed by atoms with E-state index >= 15 is 0 Å². The van der Waals surface area contributed by atoms with Crippen LogP contribution in [0, 0.1) is 0 Å². The summed E-state index contributed by atoms with van der Waals surface area (Å²) in [6.45, 7) is 0.902. The first-order chi connectivity index (χ1) is 11.0. The number of carbonyl (C=O) groups is 1. The quantitative estimate of drug-likeness (QED) is 0.864. The molecule has 1 amide bonds. The zero-order valence-electron chi connectivity index (χ0n) is 13.1. The predicted molar refractivity (Wildman–Crippen MR) is 89.9 cm³/mol. The van der Waals surface area contributed by atoms with E-state index < -0.39 is 10.0 Å². The highest BCUT2D eigenvalue weighted by atomic mass is 32.2. The fraction of sp³-hybridized carbons (Fsp3) is 0.562. The molecule has 0 bridgehead atoms. The minimum Gasteiger partial charge on any atom is -0.345 e. The zero-order chi connectivity index (χ0) is 16.5. The SMILES string of the molecule is NCC1(NC(=O)c2cccc(N3CCCS3(=O)=O)c2)CCCC1. The van der Waals surface area contributed by atoms with Gasteiger partial charge < -0.3 is 11.1 Å². The van der Waals surface area contributed by atoms with E-state index in [0.29, 0.717) is 30.8 Å². The van der Waals surface area contributed by atoms with Crippen LogP contribution in [0.2, 0.25) is 0 Å². The van der Waals surface area contributed by atoms with Crippen molar-refractivity contribution in [1.29, 1.82) is 0 Å². The highest BCUT2D eigenvalue weighted by Crippen LogP contribution is 2.29. The minimum absolute atomic E-state index is 0.166. The lowest BCUT2D eigenvalue weighted by atomic mass is 9.97. The maximum absolute atomic E-state index is 12.6. The Bertz CT molecular complexity index is 696. The molecule has 2 fully saturated rings. The number of nitrogens with zero attached hydrogens (tertiary/aromatic N) is 1. The van der Waals surface area contributed by atoms with Crippen LogP contribution in [0.25, 0.3) is 0 Å². The molecule has 1 saturated carbocycles. The van der Waals surface area contributed by atoms with E-state index in [2.05, 4.69) is 5.32 Å². The number of amides is 1. The number of sulfonamides is 1. The minimum atomic E-state index is -3.24. The third-order valence-corrected chi connectivity index (χ3v) is 6.70. The Balaban J connectivity index is 1.81. The standard InChI is InChI=1S/C16H23N3O3S/c17-12-16(7-1-2-8-16)18-15(20)13-5-3-6-14(11-13)19-9-4-10-23(19,21)22/h3,5-6,11H,1-2,4,7-10,12,17H2,(H,18,20). The summed E-state index contributed by atoms with van der Waals surface area (Å²) in [5.41, 5.74) is 6.58. The van der Waals surface area contributed by atoms with Crippen molar-refractivity contribution in [2.75, 3.05) is 23.1 Å². The first kappa shape index (κ1) is 16.3. The molecule has 2 aliphatic rings. The van der Waals surface area contributed by atoms with Gasteiger partial charge in [0, 0.05) is 18.7 Å². The summed E-state index contributed by atoms with van der Waals surface area (Å²) in [7, 11) is -3.24. The van der Waals surface area contributed by atoms with E-state index in [1.165, 1.54) is 4.31 Å². The fourth-order valence-corrected chi connectivity index (χ4v) is 5.03. The van der Waals surface area contributed by atoms with E-state index in [1.54, 1.807) is 24.3 Å². The molecular weight excluding hydrogens is 314 g/mol. The number of anilines is 1. The number of nitrogens with one attached hydrogen (secondary N) is 1. The molecular formula is C16H23N3O3S. The van der Waals surface area contributed by atoms with Crippen molar-refractivity contribution in [3.05, 3.63) is 29.8 Å². The smallest absolute Gasteiger partial charge is 0.251 e. The van der Waals surface area contributed by atoms with Gasteiger partial charge in [0.1, 0.15) is 0 Å². The van der Waals surface area contributed by atoms with Crippen LogP contribution in [0.15, 0.2) is 24.3 Å². The van der Waals surface area contributed by atoms with Crippen LogP contribution in [0.5, 0.6) is 0 Å². The summed E-state index contributed by atoms with van der Waals surface area (Å²) >= 11 is 0. The highest BCUT2D eigenvalue weighted by molar-refractivity contribution is 7.93. The molecule has 1 aliphatic carbocycles. The van der Waals surface area contributed by atoms with Gasteiger partial charge in [-0.05, 0) is 37.5 Å². The molecule has 1 aromatic rings. The average molecular weight is 337 g/mol. The second-order valence-corrected chi connectivity index (χ2v) is 8.45. The molecule has 0 unspecified atom stereocenters. The van der Waals surface area contributed by atoms with Crippen LogP contribution in [-0.2, 0) is 10.0 Å². The van der Waals surface area contributed by atoms with E-state index in [9.17, 15) is 13.2 Å². The summed E-state index contributed by atoms with van der Waals surface area (Å²) < 4.78 is 25.4. The van der Waals surface area contributed by atoms with Gasteiger partial charge in [-0.25, -0.2) is 8.42 Å². The molecule has 0 atom stereocenters. The van der Waals surface area contributed by atoms with E-state index in [4.69, 9.17) is 5.73 Å². The number of carbonyl (C=O) groups excluding carboxylic acids is 1. The van der Waals surface area contributed by atoms with Crippen LogP contribution in [0.1, 0.15) is 42.5 Å². The second-order valence-electron chi connectivity index (χ2n) is 6.44. The van der Waals surface area contributed by atoms with Crippen molar-refractivity contribution in [1.82, 2.24) is 5.32 Å². The molecule has 0 spiro atoms. The Morgan fingerprint density at radius 3 is 2.61 bits per heavy atom. The molecule has 126 valence electrons. The molecule has 6 nitrogen and oxygen atoms in total. The number of nitrogens with two attached hydrogens (primary N) is 1. The van der Waals surface area contributed by atoms with Crippen LogP contribution >= 0.6 is 0 Å². The summed E-state index contributed by atoms with van der Waals surface area (Å²) in [4.78, 5) is 12.6. The zero-order valence-corrected chi connectivity index (χ0v) is 13.9. The van der Waals surface area contributed by atoms with Crippen molar-refractivity contribution >= 4 is 21.6 Å². The summed E-state index contributed by atoms with van der Waals surface area (Å²) in [6.07, 6.45) is 4.56. The van der Waals surface area contributed by atoms with Crippen molar-refractivity contribution in [2.45, 2.75) is 37.6 Å². The van der Waals surface area contributed by atoms with Crippen LogP contribution < -0.4 is 15.4 Å². The average Bonchev–Trinajstić information content (AvgIpc) is 3.14. The van der Waals surface area contributed by atoms with Gasteiger partial charge in [-0.15, -0.1) is 0 Å². The van der Waals surface area contributed by atoms with E-state index in [-0.39, 0.29) is 17.2 Å². The van der Waals surface area contributed by atoms with Gasteiger partial charge in [0.2, 0.25) is 10.0 Å². The Hall–Kier alpha value is -1.60. The van der Waals surface area contributed by atoms with Crippen LogP contribution in [0.3, 0.4) is 0 Å². The molecule has 1 aliphatic heterocycles. The molecule has 0 aromatic heterocycles. The van der Waals surface area contributed by atoms with Gasteiger partial charge >= 0.3 is 0 Å². The maximum Gasteiger partial charge on any atom is 0.251 e. The highest BCUT2D eigenvalue weighted by Gasteiger charge is 2.34. The molecule has 0 radical (unpaired) electrons. The molecule has 1 aromatic carbocycles. The van der Waals surface area contributed by atoms with Crippen LogP contribution in [0.4, 0.5) is 5.69 Å². The van der Waals surface area contributed by atoms with Gasteiger partial charge in [0.15, 0.2) is 0 Å². The number of hydrogen-bond acceptors (Lipinski definition) is 4. The third-order valence-electron chi connectivity index (χ3n) is 4.83. The summed E-state index contributed by atoms with van der Waals surface area (Å²) in [5.74, 6) is -0.0181. The lowest BCUT2D eigenvalue weighted by Gasteiger charge is -2.29. The number of hydrogen-bond donors (Lipinski definition) is 2. The Labute approximate surface area is 137 Å². The van der Waals surface area contributed by atoms with Gasteiger partial charge in [0.25, 0.3) is 5.91 Å². The summed E-state index contributed by atoms with van der Waals surface area (Å²) in [5, 5.41) is 3.06. The number of benzene rings is 1. The number of rotatable bonds is 4. The van der Waals surface area contributed by atoms with Gasteiger partial charge in [0.05, 0.1) is 17.0 Å². The maximum atomic E-state index is 12.6. The first-order valence-corrected chi connectivity index (χ1v) is 9.70. The van der Waals surface area contributed by atoms with Gasteiger partial charge in [-0.2, -0.15) is 0 Å². The molecule has 3 rings (SSSR count). The largest absolute Gasteiger partial charge is 0.345 e. The molecule has 3 N–H and O–H groups in total. The third kappa shape index (κ3) is 3.21. The Morgan fingerprint density at radius 1 is 1.26 bits per heavy atom. The normalized spacial score (nSPS) is 22.2. The molecule has 23 heavy (non-hydrogen) atoms. The molecule has 1 heterocycles. The second kappa shape index (κ2) is 6.13. The first-order valence-electron chi connectivity index (χ1n) is 8.09. The van der Waals surface area contributed by atoms with Crippen molar-refractivity contribution in [2.24, 2.45) is 5.73 Å². The Kier molecular flexibility index (Phi) is 4.33. The molecule has 7 heteroatoms. The molecule has 1 saturated heterocycles. The summed E-state index contributed by atoms with van der Waals surface area (Å²) in [6, 6.07) is 6.81. The van der Waals surface area contributed by atoms with Crippen molar-refractivity contribution in [3.8, 4) is 0 Å². The fourth-order valence-electron chi connectivity index (χ4n) is 3.48. The van der Waals surface area contributed by atoms with Crippen LogP contribution in [-0.4, -0.2) is 38.7 Å². The van der Waals surface area contributed by atoms with Crippen molar-refractivity contribution in [3.63, 3.8) is 0 Å². The van der Waals surface area contributed by atoms with E-state index in [1.807, 2.05) is 0 Å².